The molecule has 2 unspecified atom stereocenters. The van der Waals surface area contributed by atoms with Crippen molar-refractivity contribution in [1.82, 2.24) is 0 Å². The van der Waals surface area contributed by atoms with Crippen LogP contribution in [-0.2, 0) is 0 Å². The number of halogens is 3. The van der Waals surface area contributed by atoms with E-state index >= 15 is 0 Å². The lowest BCUT2D eigenvalue weighted by molar-refractivity contribution is -0.175. The van der Waals surface area contributed by atoms with E-state index in [1.165, 1.54) is 13.0 Å². The summed E-state index contributed by atoms with van der Waals surface area (Å²) in [6, 6.07) is 4.61. The Morgan fingerprint density at radius 3 is 2.60 bits per heavy atom. The molecule has 0 aliphatic carbocycles. The molecular formula is C14H18F3NO2. The lowest BCUT2D eigenvalue weighted by atomic mass is 9.96. The second kappa shape index (κ2) is 5.52. The number of nitrogens with zero attached hydrogens (tertiary/aromatic N) is 1. The van der Waals surface area contributed by atoms with E-state index < -0.39 is 18.2 Å². The number of aliphatic hydroxyl groups is 1. The molecule has 1 saturated heterocycles. The van der Waals surface area contributed by atoms with Gasteiger partial charge in [-0.3, -0.25) is 0 Å². The number of rotatable bonds is 2. The van der Waals surface area contributed by atoms with E-state index in [1.54, 1.807) is 17.0 Å². The number of piperidine rings is 1. The molecule has 1 aromatic carbocycles. The van der Waals surface area contributed by atoms with E-state index in [0.717, 1.165) is 0 Å². The summed E-state index contributed by atoms with van der Waals surface area (Å²) in [7, 11) is 0. The second-order valence-corrected chi connectivity index (χ2v) is 5.25. The summed E-state index contributed by atoms with van der Waals surface area (Å²) in [6.45, 7) is 1.98. The summed E-state index contributed by atoms with van der Waals surface area (Å²) in [4.78, 5) is 1.63. The SMILES string of the molecule is CC(O)c1ccc(N2CCCC(C(F)(F)F)C2)cc1O. The fourth-order valence-corrected chi connectivity index (χ4v) is 2.56. The van der Waals surface area contributed by atoms with E-state index in [9.17, 15) is 23.4 Å². The highest BCUT2D eigenvalue weighted by atomic mass is 19.4. The smallest absolute Gasteiger partial charge is 0.393 e. The van der Waals surface area contributed by atoms with Gasteiger partial charge in [-0.15, -0.1) is 0 Å². The molecule has 1 aromatic rings. The van der Waals surface area contributed by atoms with Crippen molar-refractivity contribution in [1.29, 1.82) is 0 Å². The van der Waals surface area contributed by atoms with Gasteiger partial charge in [0.25, 0.3) is 0 Å². The lowest BCUT2D eigenvalue weighted by Crippen LogP contribution is -2.41. The van der Waals surface area contributed by atoms with Crippen LogP contribution in [0.3, 0.4) is 0 Å². The van der Waals surface area contributed by atoms with E-state index in [4.69, 9.17) is 0 Å². The normalized spacial score (nSPS) is 21.9. The van der Waals surface area contributed by atoms with Gasteiger partial charge < -0.3 is 15.1 Å². The van der Waals surface area contributed by atoms with Crippen molar-refractivity contribution in [2.24, 2.45) is 5.92 Å². The maximum Gasteiger partial charge on any atom is 0.393 e. The maximum absolute atomic E-state index is 12.8. The Kier molecular flexibility index (Phi) is 4.13. The van der Waals surface area contributed by atoms with Crippen LogP contribution in [0.2, 0.25) is 0 Å². The first kappa shape index (κ1) is 15.0. The molecule has 0 amide bonds. The summed E-state index contributed by atoms with van der Waals surface area (Å²) in [5.41, 5.74) is 0.930. The third-order valence-electron chi connectivity index (χ3n) is 3.71. The number of phenolic OH excluding ortho intramolecular Hbond substituents is 1. The zero-order valence-corrected chi connectivity index (χ0v) is 11.2. The average molecular weight is 289 g/mol. The van der Waals surface area contributed by atoms with E-state index in [0.29, 0.717) is 24.2 Å². The van der Waals surface area contributed by atoms with Crippen LogP contribution in [0.1, 0.15) is 31.4 Å². The van der Waals surface area contributed by atoms with Crippen molar-refractivity contribution >= 4 is 5.69 Å². The molecule has 1 fully saturated rings. The molecule has 6 heteroatoms. The predicted molar refractivity (Wildman–Crippen MR) is 69.7 cm³/mol. The molecule has 1 heterocycles. The molecule has 1 aliphatic heterocycles. The molecule has 0 spiro atoms. The molecule has 0 radical (unpaired) electrons. The second-order valence-electron chi connectivity index (χ2n) is 5.25. The van der Waals surface area contributed by atoms with Gasteiger partial charge in [0.2, 0.25) is 0 Å². The van der Waals surface area contributed by atoms with Crippen LogP contribution in [0.15, 0.2) is 18.2 Å². The van der Waals surface area contributed by atoms with Gasteiger partial charge in [-0.1, -0.05) is 6.07 Å². The average Bonchev–Trinajstić information content (AvgIpc) is 2.37. The van der Waals surface area contributed by atoms with Gasteiger partial charge in [0.05, 0.1) is 12.0 Å². The van der Waals surface area contributed by atoms with Gasteiger partial charge in [0.15, 0.2) is 0 Å². The molecule has 1 aliphatic rings. The first-order valence-electron chi connectivity index (χ1n) is 6.61. The number of hydrogen-bond donors (Lipinski definition) is 2. The van der Waals surface area contributed by atoms with Gasteiger partial charge in [-0.2, -0.15) is 13.2 Å². The molecule has 0 aromatic heterocycles. The third kappa shape index (κ3) is 3.17. The van der Waals surface area contributed by atoms with Crippen molar-refractivity contribution in [2.75, 3.05) is 18.0 Å². The minimum Gasteiger partial charge on any atom is -0.507 e. The largest absolute Gasteiger partial charge is 0.507 e. The Labute approximate surface area is 115 Å². The highest BCUT2D eigenvalue weighted by Crippen LogP contribution is 2.36. The van der Waals surface area contributed by atoms with E-state index in [1.807, 2.05) is 0 Å². The highest BCUT2D eigenvalue weighted by Gasteiger charge is 2.41. The zero-order chi connectivity index (χ0) is 14.9. The van der Waals surface area contributed by atoms with Crippen LogP contribution in [0.25, 0.3) is 0 Å². The molecular weight excluding hydrogens is 271 g/mol. The number of benzene rings is 1. The number of phenols is 1. The first-order valence-corrected chi connectivity index (χ1v) is 6.61. The number of anilines is 1. The topological polar surface area (TPSA) is 43.7 Å². The Bertz CT molecular complexity index is 474. The van der Waals surface area contributed by atoms with Crippen LogP contribution in [-0.4, -0.2) is 29.5 Å². The van der Waals surface area contributed by atoms with Gasteiger partial charge in [-0.25, -0.2) is 0 Å². The molecule has 112 valence electrons. The van der Waals surface area contributed by atoms with E-state index in [2.05, 4.69) is 0 Å². The van der Waals surface area contributed by atoms with Crippen molar-refractivity contribution in [3.63, 3.8) is 0 Å². The summed E-state index contributed by atoms with van der Waals surface area (Å²) >= 11 is 0. The fourth-order valence-electron chi connectivity index (χ4n) is 2.56. The van der Waals surface area contributed by atoms with Crippen molar-refractivity contribution in [3.05, 3.63) is 23.8 Å². The molecule has 20 heavy (non-hydrogen) atoms. The van der Waals surface area contributed by atoms with Crippen molar-refractivity contribution in [2.45, 2.75) is 32.0 Å². The van der Waals surface area contributed by atoms with Gasteiger partial charge in [0.1, 0.15) is 5.75 Å². The summed E-state index contributed by atoms with van der Waals surface area (Å²) in [5.74, 6) is -1.42. The summed E-state index contributed by atoms with van der Waals surface area (Å²) < 4.78 is 38.3. The van der Waals surface area contributed by atoms with Crippen LogP contribution in [0, 0.1) is 5.92 Å². The van der Waals surface area contributed by atoms with Crippen molar-refractivity contribution in [3.8, 4) is 5.75 Å². The van der Waals surface area contributed by atoms with Crippen LogP contribution in [0.5, 0.6) is 5.75 Å². The monoisotopic (exact) mass is 289 g/mol. The maximum atomic E-state index is 12.8. The molecule has 2 N–H and O–H groups in total. The van der Waals surface area contributed by atoms with Gasteiger partial charge in [-0.05, 0) is 25.8 Å². The Hall–Kier alpha value is -1.43. The summed E-state index contributed by atoms with van der Waals surface area (Å²) in [5, 5.41) is 19.2. The molecule has 0 bridgehead atoms. The third-order valence-corrected chi connectivity index (χ3v) is 3.71. The number of aliphatic hydroxyl groups excluding tert-OH is 1. The molecule has 2 atom stereocenters. The highest BCUT2D eigenvalue weighted by molar-refractivity contribution is 5.54. The number of aromatic hydroxyl groups is 1. The van der Waals surface area contributed by atoms with E-state index in [-0.39, 0.29) is 18.7 Å². The molecule has 0 saturated carbocycles. The standard InChI is InChI=1S/C14H18F3NO2/c1-9(19)12-5-4-11(7-13(12)20)18-6-2-3-10(8-18)14(15,16)17/h4-5,7,9-10,19-20H,2-3,6,8H2,1H3. The Morgan fingerprint density at radius 1 is 1.35 bits per heavy atom. The lowest BCUT2D eigenvalue weighted by Gasteiger charge is -2.35. The summed E-state index contributed by atoms with van der Waals surface area (Å²) in [6.07, 6.45) is -4.37. The fraction of sp³-hybridized carbons (Fsp3) is 0.571. The van der Waals surface area contributed by atoms with Crippen molar-refractivity contribution < 1.29 is 23.4 Å². The number of alkyl halides is 3. The van der Waals surface area contributed by atoms with Gasteiger partial charge in [0, 0.05) is 30.4 Å². The van der Waals surface area contributed by atoms with Crippen LogP contribution >= 0.6 is 0 Å². The molecule has 2 rings (SSSR count). The molecule has 3 nitrogen and oxygen atoms in total. The number of hydrogen-bond acceptors (Lipinski definition) is 3. The Balaban J connectivity index is 2.17. The Morgan fingerprint density at radius 2 is 2.05 bits per heavy atom. The van der Waals surface area contributed by atoms with Gasteiger partial charge >= 0.3 is 6.18 Å². The first-order chi connectivity index (χ1) is 9.29. The predicted octanol–water partition coefficient (Wildman–Crippen LogP) is 3.22. The zero-order valence-electron chi connectivity index (χ0n) is 11.2. The minimum absolute atomic E-state index is 0.0863. The van der Waals surface area contributed by atoms with Crippen LogP contribution < -0.4 is 4.90 Å². The minimum atomic E-state index is -4.18. The van der Waals surface area contributed by atoms with Crippen LogP contribution in [0.4, 0.5) is 18.9 Å². The quantitative estimate of drug-likeness (QED) is 0.878.